The summed E-state index contributed by atoms with van der Waals surface area (Å²) in [6, 6.07) is 13.5. The number of carbonyl (C=O) groups is 1. The fourth-order valence-electron chi connectivity index (χ4n) is 5.36. The lowest BCUT2D eigenvalue weighted by molar-refractivity contribution is 0.166. The maximum atomic E-state index is 13.0. The van der Waals surface area contributed by atoms with Crippen LogP contribution in [0.4, 0.5) is 4.79 Å². The Morgan fingerprint density at radius 3 is 2.78 bits per heavy atom. The molecule has 2 heterocycles. The lowest BCUT2D eigenvalue weighted by atomic mass is 9.95. The van der Waals surface area contributed by atoms with Crippen LogP contribution < -0.4 is 10.1 Å². The molecule has 1 aliphatic heterocycles. The van der Waals surface area contributed by atoms with Crippen molar-refractivity contribution in [3.05, 3.63) is 53.1 Å². The Kier molecular flexibility index (Phi) is 7.13. The highest BCUT2D eigenvalue weighted by atomic mass is 16.5. The fourth-order valence-corrected chi connectivity index (χ4v) is 5.36. The first kappa shape index (κ1) is 24.8. The first-order chi connectivity index (χ1) is 18.0. The van der Waals surface area contributed by atoms with Crippen LogP contribution in [-0.2, 0) is 6.42 Å². The Bertz CT molecular complexity index is 1320. The van der Waals surface area contributed by atoms with E-state index in [0.29, 0.717) is 28.6 Å². The number of hydrogen-bond acceptors (Lipinski definition) is 6. The van der Waals surface area contributed by atoms with Gasteiger partial charge in [0.2, 0.25) is 5.82 Å². The number of amides is 2. The Morgan fingerprint density at radius 2 is 2.05 bits per heavy atom. The minimum atomic E-state index is -0.0324. The number of aromatic nitrogens is 2. The van der Waals surface area contributed by atoms with E-state index in [-0.39, 0.29) is 18.2 Å². The average Bonchev–Trinajstić information content (AvgIpc) is 3.56. The molecule has 2 aromatic carbocycles. The molecule has 0 unspecified atom stereocenters. The van der Waals surface area contributed by atoms with Crippen LogP contribution in [0.3, 0.4) is 0 Å². The molecule has 192 valence electrons. The van der Waals surface area contributed by atoms with Gasteiger partial charge in [-0.05, 0) is 74.8 Å². The first-order valence-electron chi connectivity index (χ1n) is 13.2. The van der Waals surface area contributed by atoms with Crippen molar-refractivity contribution in [2.75, 3.05) is 13.1 Å². The molecule has 1 saturated heterocycles. The largest absolute Gasteiger partial charge is 0.490 e. The van der Waals surface area contributed by atoms with Gasteiger partial charge in [-0.15, -0.1) is 0 Å². The summed E-state index contributed by atoms with van der Waals surface area (Å²) in [5.41, 5.74) is 4.25. The summed E-state index contributed by atoms with van der Waals surface area (Å²) in [5, 5.41) is 17.1. The molecule has 5 rings (SSSR count). The van der Waals surface area contributed by atoms with Crippen molar-refractivity contribution in [3.8, 4) is 34.7 Å². The predicted octanol–water partition coefficient (Wildman–Crippen LogP) is 5.88. The number of nitriles is 1. The van der Waals surface area contributed by atoms with Crippen molar-refractivity contribution in [1.29, 1.82) is 5.26 Å². The van der Waals surface area contributed by atoms with E-state index in [0.717, 1.165) is 61.4 Å². The number of hydrogen-bond donors (Lipinski definition) is 1. The van der Waals surface area contributed by atoms with E-state index in [1.54, 1.807) is 12.1 Å². The summed E-state index contributed by atoms with van der Waals surface area (Å²) in [4.78, 5) is 19.5. The Labute approximate surface area is 217 Å². The van der Waals surface area contributed by atoms with E-state index in [1.807, 2.05) is 36.9 Å². The molecule has 1 N–H and O–H groups in total. The molecular weight excluding hydrogens is 466 g/mol. The Morgan fingerprint density at radius 1 is 1.24 bits per heavy atom. The molecule has 0 radical (unpaired) electrons. The van der Waals surface area contributed by atoms with Gasteiger partial charge in [-0.1, -0.05) is 36.7 Å². The van der Waals surface area contributed by atoms with Gasteiger partial charge < -0.3 is 19.5 Å². The summed E-state index contributed by atoms with van der Waals surface area (Å²) >= 11 is 0. The number of nitrogens with zero attached hydrogens (tertiary/aromatic N) is 4. The van der Waals surface area contributed by atoms with Gasteiger partial charge in [0, 0.05) is 24.2 Å². The molecule has 37 heavy (non-hydrogen) atoms. The normalized spacial score (nSPS) is 17.5. The van der Waals surface area contributed by atoms with Crippen LogP contribution >= 0.6 is 0 Å². The monoisotopic (exact) mass is 499 g/mol. The summed E-state index contributed by atoms with van der Waals surface area (Å²) < 4.78 is 11.3. The molecule has 2 aliphatic rings. The number of rotatable bonds is 6. The molecule has 8 heteroatoms. The zero-order valence-electron chi connectivity index (χ0n) is 21.7. The van der Waals surface area contributed by atoms with Crippen molar-refractivity contribution >= 4 is 6.03 Å². The van der Waals surface area contributed by atoms with E-state index in [4.69, 9.17) is 9.26 Å². The zero-order chi connectivity index (χ0) is 25.9. The number of nitrogens with one attached hydrogen (secondary N) is 1. The van der Waals surface area contributed by atoms with Crippen molar-refractivity contribution in [2.45, 2.75) is 65.0 Å². The number of ether oxygens (including phenoxy) is 1. The van der Waals surface area contributed by atoms with E-state index in [2.05, 4.69) is 34.5 Å². The SMILES string of the molecule is CCC1CCN(C(=O)N[C@H]2CCc3c(-c4noc(-c5ccc(OC(C)C)c(C#N)c5)n4)cccc32)CC1. The second-order valence-corrected chi connectivity index (χ2v) is 10.2. The van der Waals surface area contributed by atoms with Gasteiger partial charge in [0.25, 0.3) is 5.89 Å². The molecular formula is C29H33N5O3. The minimum Gasteiger partial charge on any atom is -0.490 e. The van der Waals surface area contributed by atoms with Crippen LogP contribution in [0.5, 0.6) is 5.75 Å². The topological polar surface area (TPSA) is 104 Å². The van der Waals surface area contributed by atoms with Crippen LogP contribution in [-0.4, -0.2) is 40.3 Å². The highest BCUT2D eigenvalue weighted by molar-refractivity contribution is 5.76. The van der Waals surface area contributed by atoms with Crippen LogP contribution in [0.15, 0.2) is 40.9 Å². The quantitative estimate of drug-likeness (QED) is 0.454. The van der Waals surface area contributed by atoms with Gasteiger partial charge in [0.15, 0.2) is 0 Å². The van der Waals surface area contributed by atoms with Gasteiger partial charge in [-0.25, -0.2) is 4.79 Å². The molecule has 0 spiro atoms. The van der Waals surface area contributed by atoms with Gasteiger partial charge in [-0.3, -0.25) is 0 Å². The maximum Gasteiger partial charge on any atom is 0.317 e. The summed E-state index contributed by atoms with van der Waals surface area (Å²) in [7, 11) is 0. The highest BCUT2D eigenvalue weighted by Gasteiger charge is 2.30. The number of fused-ring (bicyclic) bond motifs is 1. The average molecular weight is 500 g/mol. The maximum absolute atomic E-state index is 13.0. The number of urea groups is 1. The van der Waals surface area contributed by atoms with E-state index in [1.165, 1.54) is 6.42 Å². The summed E-state index contributed by atoms with van der Waals surface area (Å²) in [6.07, 6.45) is 4.99. The van der Waals surface area contributed by atoms with Crippen molar-refractivity contribution in [2.24, 2.45) is 5.92 Å². The number of carbonyl (C=O) groups excluding carboxylic acids is 1. The number of likely N-dealkylation sites (tertiary alicyclic amines) is 1. The molecule has 8 nitrogen and oxygen atoms in total. The zero-order valence-corrected chi connectivity index (χ0v) is 21.7. The van der Waals surface area contributed by atoms with Crippen molar-refractivity contribution in [3.63, 3.8) is 0 Å². The fraction of sp³-hybridized carbons (Fsp3) is 0.448. The van der Waals surface area contributed by atoms with Gasteiger partial charge in [-0.2, -0.15) is 10.2 Å². The Balaban J connectivity index is 1.33. The molecule has 3 aromatic rings. The minimum absolute atomic E-state index is 0.0237. The van der Waals surface area contributed by atoms with Crippen LogP contribution in [0, 0.1) is 17.2 Å². The molecule has 0 bridgehead atoms. The molecule has 1 atom stereocenters. The summed E-state index contributed by atoms with van der Waals surface area (Å²) in [6.45, 7) is 7.72. The predicted molar refractivity (Wildman–Crippen MR) is 140 cm³/mol. The molecule has 1 fully saturated rings. The van der Waals surface area contributed by atoms with Gasteiger partial charge >= 0.3 is 6.03 Å². The number of piperidine rings is 1. The smallest absolute Gasteiger partial charge is 0.317 e. The van der Waals surface area contributed by atoms with Crippen molar-refractivity contribution < 1.29 is 14.1 Å². The molecule has 2 amide bonds. The van der Waals surface area contributed by atoms with Crippen LogP contribution in [0.1, 0.15) is 69.2 Å². The van der Waals surface area contributed by atoms with Gasteiger partial charge in [0.1, 0.15) is 11.8 Å². The lowest BCUT2D eigenvalue weighted by Crippen LogP contribution is -2.45. The molecule has 1 aliphatic carbocycles. The van der Waals surface area contributed by atoms with Crippen LogP contribution in [0.2, 0.25) is 0 Å². The summed E-state index contributed by atoms with van der Waals surface area (Å²) in [5.74, 6) is 2.11. The van der Waals surface area contributed by atoms with Crippen LogP contribution in [0.25, 0.3) is 22.8 Å². The second-order valence-electron chi connectivity index (χ2n) is 10.2. The van der Waals surface area contributed by atoms with E-state index in [9.17, 15) is 10.1 Å². The second kappa shape index (κ2) is 10.6. The lowest BCUT2D eigenvalue weighted by Gasteiger charge is -2.32. The molecule has 1 aromatic heterocycles. The third-order valence-corrected chi connectivity index (χ3v) is 7.42. The third-order valence-electron chi connectivity index (χ3n) is 7.42. The molecule has 0 saturated carbocycles. The van der Waals surface area contributed by atoms with Gasteiger partial charge in [0.05, 0.1) is 17.7 Å². The first-order valence-corrected chi connectivity index (χ1v) is 13.2. The Hall–Kier alpha value is -3.86. The van der Waals surface area contributed by atoms with E-state index < -0.39 is 0 Å². The van der Waals surface area contributed by atoms with Crippen molar-refractivity contribution in [1.82, 2.24) is 20.4 Å². The third kappa shape index (κ3) is 5.17. The number of benzene rings is 2. The van der Waals surface area contributed by atoms with E-state index >= 15 is 0 Å². The standard InChI is InChI=1S/C29H33N5O3/c1-4-19-12-14-34(15-13-19)29(35)31-25-10-9-22-23(25)6-5-7-24(22)27-32-28(37-33-27)20-8-11-26(36-18(2)3)21(16-20)17-30/h5-8,11,16,18-19,25H,4,9-10,12-15H2,1-3H3,(H,31,35)/t25-/m0/s1. The highest BCUT2D eigenvalue weighted by Crippen LogP contribution is 2.38.